The van der Waals surface area contributed by atoms with Crippen LogP contribution in [0.15, 0.2) is 54.6 Å². The zero-order valence-electron chi connectivity index (χ0n) is 21.6. The van der Waals surface area contributed by atoms with Gasteiger partial charge in [0.05, 0.1) is 12.0 Å². The van der Waals surface area contributed by atoms with Crippen LogP contribution in [0.5, 0.6) is 57.5 Å². The van der Waals surface area contributed by atoms with E-state index in [1.807, 2.05) is 0 Å². The van der Waals surface area contributed by atoms with Crippen molar-refractivity contribution in [3.8, 4) is 57.5 Å². The fourth-order valence-corrected chi connectivity index (χ4v) is 5.70. The van der Waals surface area contributed by atoms with E-state index in [4.69, 9.17) is 9.47 Å². The van der Waals surface area contributed by atoms with E-state index in [-0.39, 0.29) is 51.7 Å². The number of phenolic OH excluding ortho intramolecular Hbond substituents is 8. The highest BCUT2D eigenvalue weighted by Gasteiger charge is 2.45. The highest BCUT2D eigenvalue weighted by Crippen LogP contribution is 2.56. The molecule has 4 aromatic carbocycles. The van der Waals surface area contributed by atoms with Crippen LogP contribution in [0.1, 0.15) is 45.9 Å². The summed E-state index contributed by atoms with van der Waals surface area (Å²) in [6, 6.07) is 11.0. The Hall–Kier alpha value is -5.20. The van der Waals surface area contributed by atoms with Gasteiger partial charge in [-0.2, -0.15) is 0 Å². The Balaban J connectivity index is 1.47. The second-order valence-corrected chi connectivity index (χ2v) is 10.3. The summed E-state index contributed by atoms with van der Waals surface area (Å²) in [5.74, 6) is -5.07. The maximum atomic E-state index is 11.6. The van der Waals surface area contributed by atoms with Crippen LogP contribution in [0.4, 0.5) is 0 Å². The summed E-state index contributed by atoms with van der Waals surface area (Å²) in [5.41, 5.74) is 0.333. The van der Waals surface area contributed by atoms with Gasteiger partial charge in [-0.15, -0.1) is 0 Å². The van der Waals surface area contributed by atoms with Gasteiger partial charge in [-0.25, -0.2) is 0 Å². The van der Waals surface area contributed by atoms with Crippen molar-refractivity contribution in [3.63, 3.8) is 0 Å². The van der Waals surface area contributed by atoms with Crippen molar-refractivity contribution in [2.75, 3.05) is 0 Å². The number of phenols is 8. The third-order valence-corrected chi connectivity index (χ3v) is 7.69. The molecule has 218 valence electrons. The lowest BCUT2D eigenvalue weighted by atomic mass is 9.77. The molecule has 6 rings (SSSR count). The highest BCUT2D eigenvalue weighted by atomic mass is 16.5. The largest absolute Gasteiger partial charge is 0.508 e. The summed E-state index contributed by atoms with van der Waals surface area (Å²) in [6.07, 6.45) is -5.31. The van der Waals surface area contributed by atoms with Gasteiger partial charge in [0.25, 0.3) is 0 Å². The SMILES string of the molecule is Oc1cc(O)c2c(c1)O[C@H](c1ccc(O)c(O)c1)C(O)C2c1c(O)cc2c(c1O)CC(O)[C@@H](c1ccc(O)c(O)c1)O2. The van der Waals surface area contributed by atoms with Crippen LogP contribution < -0.4 is 9.47 Å². The molecule has 0 spiro atoms. The van der Waals surface area contributed by atoms with Gasteiger partial charge < -0.3 is 60.5 Å². The Morgan fingerprint density at radius 2 is 1.12 bits per heavy atom. The molecular weight excluding hydrogens is 552 g/mol. The Morgan fingerprint density at radius 1 is 0.548 bits per heavy atom. The minimum absolute atomic E-state index is 0.00771. The molecule has 3 unspecified atom stereocenters. The number of aromatic hydroxyl groups is 8. The number of aliphatic hydroxyl groups excluding tert-OH is 2. The van der Waals surface area contributed by atoms with Crippen LogP contribution in [0.2, 0.25) is 0 Å². The van der Waals surface area contributed by atoms with Crippen LogP contribution in [0.3, 0.4) is 0 Å². The first-order chi connectivity index (χ1) is 19.9. The molecule has 0 aromatic heterocycles. The number of rotatable bonds is 3. The zero-order valence-corrected chi connectivity index (χ0v) is 21.6. The molecule has 0 aliphatic carbocycles. The summed E-state index contributed by atoms with van der Waals surface area (Å²) in [5, 5.41) is 105. The first-order valence-electron chi connectivity index (χ1n) is 12.8. The molecule has 5 atom stereocenters. The van der Waals surface area contributed by atoms with Gasteiger partial charge in [0, 0.05) is 41.3 Å². The summed E-state index contributed by atoms with van der Waals surface area (Å²) >= 11 is 0. The zero-order chi connectivity index (χ0) is 30.0. The second kappa shape index (κ2) is 9.72. The summed E-state index contributed by atoms with van der Waals surface area (Å²) in [6.45, 7) is 0. The fraction of sp³-hybridized carbons (Fsp3) is 0.200. The van der Waals surface area contributed by atoms with Crippen molar-refractivity contribution >= 4 is 0 Å². The molecular formula is C30H26O12. The van der Waals surface area contributed by atoms with Gasteiger partial charge in [0.2, 0.25) is 0 Å². The summed E-state index contributed by atoms with van der Waals surface area (Å²) in [4.78, 5) is 0. The fourth-order valence-electron chi connectivity index (χ4n) is 5.70. The molecule has 0 amide bonds. The minimum atomic E-state index is -1.60. The number of hydrogen-bond acceptors (Lipinski definition) is 12. The Morgan fingerprint density at radius 3 is 1.74 bits per heavy atom. The number of benzene rings is 4. The average Bonchev–Trinajstić information content (AvgIpc) is 2.93. The van der Waals surface area contributed by atoms with E-state index in [2.05, 4.69) is 0 Å². The van der Waals surface area contributed by atoms with Crippen LogP contribution in [-0.4, -0.2) is 63.3 Å². The normalized spacial score (nSPS) is 22.9. The first-order valence-corrected chi connectivity index (χ1v) is 12.8. The third kappa shape index (κ3) is 4.24. The molecule has 0 radical (unpaired) electrons. The smallest absolute Gasteiger partial charge is 0.157 e. The topological polar surface area (TPSA) is 221 Å². The van der Waals surface area contributed by atoms with Gasteiger partial charge in [0.1, 0.15) is 46.7 Å². The first kappa shape index (κ1) is 27.0. The average molecular weight is 579 g/mol. The van der Waals surface area contributed by atoms with E-state index >= 15 is 0 Å². The van der Waals surface area contributed by atoms with Crippen molar-refractivity contribution in [2.24, 2.45) is 0 Å². The van der Waals surface area contributed by atoms with E-state index in [0.717, 1.165) is 12.1 Å². The van der Waals surface area contributed by atoms with Crippen molar-refractivity contribution in [2.45, 2.75) is 36.8 Å². The molecule has 0 fully saturated rings. The molecule has 2 aliphatic rings. The maximum absolute atomic E-state index is 11.6. The van der Waals surface area contributed by atoms with E-state index in [1.165, 1.54) is 42.5 Å². The summed E-state index contributed by atoms with van der Waals surface area (Å²) in [7, 11) is 0. The predicted molar refractivity (Wildman–Crippen MR) is 143 cm³/mol. The van der Waals surface area contributed by atoms with Crippen molar-refractivity contribution in [3.05, 3.63) is 82.4 Å². The van der Waals surface area contributed by atoms with Crippen LogP contribution in [-0.2, 0) is 6.42 Å². The van der Waals surface area contributed by atoms with Gasteiger partial charge in [-0.1, -0.05) is 12.1 Å². The lowest BCUT2D eigenvalue weighted by Crippen LogP contribution is -2.35. The molecule has 10 N–H and O–H groups in total. The molecule has 12 nitrogen and oxygen atoms in total. The molecule has 0 saturated carbocycles. The minimum Gasteiger partial charge on any atom is -0.508 e. The van der Waals surface area contributed by atoms with Gasteiger partial charge in [-0.3, -0.25) is 0 Å². The Kier molecular flexibility index (Phi) is 6.24. The van der Waals surface area contributed by atoms with Crippen LogP contribution >= 0.6 is 0 Å². The molecule has 2 heterocycles. The van der Waals surface area contributed by atoms with Crippen molar-refractivity contribution < 1.29 is 60.5 Å². The molecule has 12 heteroatoms. The van der Waals surface area contributed by atoms with Crippen molar-refractivity contribution in [1.82, 2.24) is 0 Å². The number of fused-ring (bicyclic) bond motifs is 2. The van der Waals surface area contributed by atoms with E-state index in [9.17, 15) is 51.1 Å². The lowest BCUT2D eigenvalue weighted by Gasteiger charge is -2.39. The quantitative estimate of drug-likeness (QED) is 0.159. The molecule has 0 saturated heterocycles. The molecule has 2 aliphatic heterocycles. The summed E-state index contributed by atoms with van der Waals surface area (Å²) < 4.78 is 11.8. The number of aliphatic hydroxyl groups is 2. The standard InChI is InChI=1S/C30H26O12/c31-13-7-19(36)24-23(8-13)42-30(12-2-4-16(33)18(35)6-12)28(40)26(24)25-20(37)10-22-14(27(25)39)9-21(38)29(41-22)11-1-3-15(32)17(34)5-11/h1-8,10,21,26,28-40H,9H2/t21?,26?,28?,29-,30-/m1/s1. The van der Waals surface area contributed by atoms with Gasteiger partial charge >= 0.3 is 0 Å². The van der Waals surface area contributed by atoms with Crippen LogP contribution in [0.25, 0.3) is 0 Å². The maximum Gasteiger partial charge on any atom is 0.157 e. The monoisotopic (exact) mass is 578 g/mol. The van der Waals surface area contributed by atoms with E-state index in [1.54, 1.807) is 0 Å². The molecule has 4 aromatic rings. The van der Waals surface area contributed by atoms with Crippen molar-refractivity contribution in [1.29, 1.82) is 0 Å². The van der Waals surface area contributed by atoms with E-state index < -0.39 is 64.8 Å². The number of ether oxygens (including phenoxy) is 2. The Bertz CT molecular complexity index is 1720. The third-order valence-electron chi connectivity index (χ3n) is 7.69. The molecule has 42 heavy (non-hydrogen) atoms. The van der Waals surface area contributed by atoms with Gasteiger partial charge in [0.15, 0.2) is 29.1 Å². The predicted octanol–water partition coefficient (Wildman–Crippen LogP) is 3.00. The van der Waals surface area contributed by atoms with Crippen LogP contribution in [0, 0.1) is 0 Å². The van der Waals surface area contributed by atoms with E-state index in [0.29, 0.717) is 5.56 Å². The Labute approximate surface area is 237 Å². The lowest BCUT2D eigenvalue weighted by molar-refractivity contribution is 0.00573. The van der Waals surface area contributed by atoms with Gasteiger partial charge in [-0.05, 0) is 35.4 Å². The highest BCUT2D eigenvalue weighted by molar-refractivity contribution is 5.65. The molecule has 0 bridgehead atoms. The number of hydrogen-bond donors (Lipinski definition) is 10. The second-order valence-electron chi connectivity index (χ2n) is 10.3.